The highest BCUT2D eigenvalue weighted by Crippen LogP contribution is 2.22. The van der Waals surface area contributed by atoms with Crippen LogP contribution in [0.25, 0.3) is 0 Å². The number of hydrogen-bond acceptors (Lipinski definition) is 4. The molecule has 6 heteroatoms. The van der Waals surface area contributed by atoms with E-state index < -0.39 is 0 Å². The number of ether oxygens (including phenoxy) is 2. The zero-order chi connectivity index (χ0) is 19.1. The third-order valence-electron chi connectivity index (χ3n) is 3.80. The van der Waals surface area contributed by atoms with Gasteiger partial charge in [0.25, 0.3) is 5.91 Å². The second-order valence-electron chi connectivity index (χ2n) is 5.91. The molecule has 3 aromatic rings. The molecule has 0 bridgehead atoms. The summed E-state index contributed by atoms with van der Waals surface area (Å²) in [5.41, 5.74) is 0.850. The molecule has 1 amide bonds. The van der Waals surface area contributed by atoms with Crippen LogP contribution in [0, 0.1) is 5.82 Å². The molecule has 0 aliphatic heterocycles. The van der Waals surface area contributed by atoms with Crippen molar-refractivity contribution in [2.75, 3.05) is 13.7 Å². The Bertz CT molecular complexity index is 868. The lowest BCUT2D eigenvalue weighted by atomic mass is 10.2. The fourth-order valence-electron chi connectivity index (χ4n) is 2.34. The number of nitrogens with zero attached hydrogens (tertiary/aromatic N) is 2. The Kier molecular flexibility index (Phi) is 5.99. The Morgan fingerprint density at radius 3 is 2.37 bits per heavy atom. The van der Waals surface area contributed by atoms with E-state index in [-0.39, 0.29) is 18.3 Å². The van der Waals surface area contributed by atoms with Crippen molar-refractivity contribution in [3.8, 4) is 17.4 Å². The van der Waals surface area contributed by atoms with Gasteiger partial charge < -0.3 is 14.4 Å². The highest BCUT2D eigenvalue weighted by molar-refractivity contribution is 5.77. The van der Waals surface area contributed by atoms with Gasteiger partial charge in [0.05, 0.1) is 0 Å². The minimum Gasteiger partial charge on any atom is -0.484 e. The van der Waals surface area contributed by atoms with Gasteiger partial charge in [0.2, 0.25) is 5.88 Å². The molecule has 0 atom stereocenters. The molecule has 138 valence electrons. The zero-order valence-corrected chi connectivity index (χ0v) is 14.8. The molecule has 3 rings (SSSR count). The first-order valence-electron chi connectivity index (χ1n) is 8.40. The van der Waals surface area contributed by atoms with Gasteiger partial charge in [-0.25, -0.2) is 9.37 Å². The average Bonchev–Trinajstić information content (AvgIpc) is 2.69. The number of carbonyl (C=O) groups is 1. The van der Waals surface area contributed by atoms with Gasteiger partial charge in [0, 0.05) is 25.9 Å². The Hall–Kier alpha value is -3.41. The maximum Gasteiger partial charge on any atom is 0.260 e. The Morgan fingerprint density at radius 1 is 1.00 bits per heavy atom. The summed E-state index contributed by atoms with van der Waals surface area (Å²) in [6.45, 7) is 0.303. The van der Waals surface area contributed by atoms with Crippen LogP contribution in [-0.4, -0.2) is 29.4 Å². The maximum absolute atomic E-state index is 12.9. The molecule has 0 aliphatic carbocycles. The summed E-state index contributed by atoms with van der Waals surface area (Å²) in [5.74, 6) is 1.22. The molecule has 1 heterocycles. The van der Waals surface area contributed by atoms with E-state index >= 15 is 0 Å². The first kappa shape index (κ1) is 18.4. The van der Waals surface area contributed by atoms with Gasteiger partial charge in [-0.2, -0.15) is 0 Å². The van der Waals surface area contributed by atoms with E-state index in [1.54, 1.807) is 55.7 Å². The van der Waals surface area contributed by atoms with E-state index in [0.717, 1.165) is 5.56 Å². The Morgan fingerprint density at radius 2 is 1.70 bits per heavy atom. The first-order valence-corrected chi connectivity index (χ1v) is 8.40. The van der Waals surface area contributed by atoms with Gasteiger partial charge in [0.1, 0.15) is 17.3 Å². The van der Waals surface area contributed by atoms with Crippen molar-refractivity contribution in [1.29, 1.82) is 0 Å². The van der Waals surface area contributed by atoms with Crippen molar-refractivity contribution < 1.29 is 18.7 Å². The van der Waals surface area contributed by atoms with Crippen molar-refractivity contribution in [2.24, 2.45) is 0 Å². The van der Waals surface area contributed by atoms with Gasteiger partial charge in [0.15, 0.2) is 6.61 Å². The van der Waals surface area contributed by atoms with Crippen LogP contribution < -0.4 is 9.47 Å². The fraction of sp³-hybridized carbons (Fsp3) is 0.143. The number of halogens is 1. The highest BCUT2D eigenvalue weighted by atomic mass is 19.1. The van der Waals surface area contributed by atoms with E-state index in [9.17, 15) is 9.18 Å². The molecule has 1 aromatic heterocycles. The van der Waals surface area contributed by atoms with Gasteiger partial charge in [-0.15, -0.1) is 0 Å². The lowest BCUT2D eigenvalue weighted by Gasteiger charge is -2.17. The lowest BCUT2D eigenvalue weighted by Crippen LogP contribution is -2.30. The second kappa shape index (κ2) is 8.80. The van der Waals surface area contributed by atoms with Crippen LogP contribution in [0.1, 0.15) is 5.56 Å². The summed E-state index contributed by atoms with van der Waals surface area (Å²) in [5, 5.41) is 0. The minimum absolute atomic E-state index is 0.0852. The largest absolute Gasteiger partial charge is 0.484 e. The molecule has 0 spiro atoms. The second-order valence-corrected chi connectivity index (χ2v) is 5.91. The topological polar surface area (TPSA) is 51.7 Å². The van der Waals surface area contributed by atoms with Crippen molar-refractivity contribution in [3.63, 3.8) is 0 Å². The summed E-state index contributed by atoms with van der Waals surface area (Å²) in [7, 11) is 1.68. The van der Waals surface area contributed by atoms with Gasteiger partial charge >= 0.3 is 0 Å². The minimum atomic E-state index is -0.300. The van der Waals surface area contributed by atoms with Crippen LogP contribution in [0.3, 0.4) is 0 Å². The fourth-order valence-corrected chi connectivity index (χ4v) is 2.34. The molecular weight excluding hydrogens is 347 g/mol. The molecule has 27 heavy (non-hydrogen) atoms. The van der Waals surface area contributed by atoms with Gasteiger partial charge in [-0.1, -0.05) is 18.2 Å². The highest BCUT2D eigenvalue weighted by Gasteiger charge is 2.10. The molecule has 0 radical (unpaired) electrons. The van der Waals surface area contributed by atoms with Crippen LogP contribution in [0.2, 0.25) is 0 Å². The molecular formula is C21H19FN2O3. The summed E-state index contributed by atoms with van der Waals surface area (Å²) >= 11 is 0. The number of hydrogen-bond donors (Lipinski definition) is 0. The molecule has 2 aromatic carbocycles. The summed E-state index contributed by atoms with van der Waals surface area (Å²) in [6, 6.07) is 18.4. The number of likely N-dealkylation sites (N-methyl/N-ethyl adjacent to an activating group) is 1. The van der Waals surface area contributed by atoms with Crippen molar-refractivity contribution in [3.05, 3.63) is 84.3 Å². The molecule has 0 N–H and O–H groups in total. The Balaban J connectivity index is 1.48. The SMILES string of the molecule is CN(Cc1ccc(F)cc1)C(=O)COc1ccc(Oc2ccccn2)cc1. The van der Waals surface area contributed by atoms with Crippen LogP contribution >= 0.6 is 0 Å². The number of benzene rings is 2. The molecule has 0 saturated carbocycles. The van der Waals surface area contributed by atoms with Crippen molar-refractivity contribution in [2.45, 2.75) is 6.54 Å². The van der Waals surface area contributed by atoms with E-state index in [1.165, 1.54) is 17.0 Å². The van der Waals surface area contributed by atoms with Crippen LogP contribution in [0.5, 0.6) is 17.4 Å². The summed E-state index contributed by atoms with van der Waals surface area (Å²) in [6.07, 6.45) is 1.65. The quantitative estimate of drug-likeness (QED) is 0.633. The summed E-state index contributed by atoms with van der Waals surface area (Å²) in [4.78, 5) is 17.8. The Labute approximate surface area is 157 Å². The normalized spacial score (nSPS) is 10.3. The number of amides is 1. The lowest BCUT2D eigenvalue weighted by molar-refractivity contribution is -0.132. The first-order chi connectivity index (χ1) is 13.1. The average molecular weight is 366 g/mol. The molecule has 0 unspecified atom stereocenters. The number of carbonyl (C=O) groups excluding carboxylic acids is 1. The monoisotopic (exact) mass is 366 g/mol. The van der Waals surface area contributed by atoms with E-state index in [4.69, 9.17) is 9.47 Å². The van der Waals surface area contributed by atoms with Crippen LogP contribution in [-0.2, 0) is 11.3 Å². The smallest absolute Gasteiger partial charge is 0.260 e. The van der Waals surface area contributed by atoms with E-state index in [2.05, 4.69) is 4.98 Å². The summed E-state index contributed by atoms with van der Waals surface area (Å²) < 4.78 is 24.1. The van der Waals surface area contributed by atoms with E-state index in [1.807, 2.05) is 12.1 Å². The standard InChI is InChI=1S/C21H19FN2O3/c1-24(14-16-5-7-17(22)8-6-16)21(25)15-26-18-9-11-19(12-10-18)27-20-4-2-3-13-23-20/h2-13H,14-15H2,1H3. The van der Waals surface area contributed by atoms with Crippen molar-refractivity contribution >= 4 is 5.91 Å². The van der Waals surface area contributed by atoms with Crippen LogP contribution in [0.15, 0.2) is 72.9 Å². The van der Waals surface area contributed by atoms with E-state index in [0.29, 0.717) is 23.9 Å². The maximum atomic E-state index is 12.9. The van der Waals surface area contributed by atoms with Gasteiger partial charge in [-0.05, 0) is 48.0 Å². The molecule has 0 aliphatic rings. The molecule has 0 saturated heterocycles. The molecule has 0 fully saturated rings. The predicted octanol–water partition coefficient (Wildman–Crippen LogP) is 4.05. The number of aromatic nitrogens is 1. The molecule has 5 nitrogen and oxygen atoms in total. The third-order valence-corrected chi connectivity index (χ3v) is 3.80. The predicted molar refractivity (Wildman–Crippen MR) is 99.1 cm³/mol. The third kappa shape index (κ3) is 5.54. The number of rotatable bonds is 7. The van der Waals surface area contributed by atoms with Crippen molar-refractivity contribution in [1.82, 2.24) is 9.88 Å². The van der Waals surface area contributed by atoms with Gasteiger partial charge in [-0.3, -0.25) is 4.79 Å². The number of pyridine rings is 1. The van der Waals surface area contributed by atoms with Crippen LogP contribution in [0.4, 0.5) is 4.39 Å². The zero-order valence-electron chi connectivity index (χ0n) is 14.8.